The quantitative estimate of drug-likeness (QED) is 0.408. The number of thiazole rings is 1. The Kier molecular flexibility index (Phi) is 3.77. The number of non-ortho nitro benzene ring substituents is 1. The molecule has 0 bridgehead atoms. The number of nitro benzene ring substituents is 1. The fraction of sp³-hybridized carbons (Fsp3) is 0.111. The van der Waals surface area contributed by atoms with Crippen LogP contribution in [0, 0.1) is 10.1 Å². The monoisotopic (exact) mass is 351 g/mol. The Morgan fingerprint density at radius 2 is 2.12 bits per heavy atom. The van der Waals surface area contributed by atoms with Gasteiger partial charge in [0.25, 0.3) is 11.6 Å². The minimum Gasteiger partial charge on any atom is -0.308 e. The summed E-state index contributed by atoms with van der Waals surface area (Å²) in [6.07, 6.45) is 3.88. The van der Waals surface area contributed by atoms with Gasteiger partial charge in [0.05, 0.1) is 20.8 Å². The molecule has 0 saturated heterocycles. The first-order valence-electron chi connectivity index (χ1n) is 7.74. The first-order chi connectivity index (χ1) is 12.1. The van der Waals surface area contributed by atoms with Gasteiger partial charge in [-0.25, -0.2) is 4.98 Å². The summed E-state index contributed by atoms with van der Waals surface area (Å²) in [6, 6.07) is 12.5. The van der Waals surface area contributed by atoms with Crippen LogP contribution >= 0.6 is 11.3 Å². The van der Waals surface area contributed by atoms with E-state index in [2.05, 4.69) is 4.98 Å². The van der Waals surface area contributed by atoms with Crippen LogP contribution in [0.5, 0.6) is 0 Å². The minimum absolute atomic E-state index is 0.00592. The van der Waals surface area contributed by atoms with Crippen molar-refractivity contribution in [1.29, 1.82) is 0 Å². The fourth-order valence-corrected chi connectivity index (χ4v) is 3.77. The number of nitrogens with zero attached hydrogens (tertiary/aromatic N) is 3. The van der Waals surface area contributed by atoms with Gasteiger partial charge in [-0.05, 0) is 30.2 Å². The molecule has 1 aliphatic rings. The molecule has 2 heterocycles. The highest BCUT2D eigenvalue weighted by molar-refractivity contribution is 7.19. The smallest absolute Gasteiger partial charge is 0.271 e. The van der Waals surface area contributed by atoms with Crippen LogP contribution in [0.15, 0.2) is 48.5 Å². The van der Waals surface area contributed by atoms with Crippen LogP contribution in [0.3, 0.4) is 0 Å². The summed E-state index contributed by atoms with van der Waals surface area (Å²) in [5.41, 5.74) is 2.47. The van der Waals surface area contributed by atoms with Crippen molar-refractivity contribution in [1.82, 2.24) is 4.98 Å². The molecule has 0 N–H and O–H groups in total. The van der Waals surface area contributed by atoms with Crippen LogP contribution in [0.4, 0.5) is 11.4 Å². The van der Waals surface area contributed by atoms with Crippen molar-refractivity contribution < 1.29 is 9.72 Å². The molecule has 1 aliphatic heterocycles. The molecular formula is C18H13N3O3S. The van der Waals surface area contributed by atoms with E-state index in [0.29, 0.717) is 18.7 Å². The summed E-state index contributed by atoms with van der Waals surface area (Å²) in [7, 11) is 0. The fourth-order valence-electron chi connectivity index (χ4n) is 2.90. The second-order valence-electron chi connectivity index (χ2n) is 5.66. The number of benzene rings is 2. The maximum atomic E-state index is 12.5. The van der Waals surface area contributed by atoms with E-state index in [1.54, 1.807) is 17.0 Å². The molecule has 0 spiro atoms. The van der Waals surface area contributed by atoms with E-state index in [9.17, 15) is 14.9 Å². The molecular weight excluding hydrogens is 338 g/mol. The third-order valence-electron chi connectivity index (χ3n) is 4.12. The number of hydrogen-bond donors (Lipinski definition) is 0. The number of amides is 1. The molecule has 4 rings (SSSR count). The van der Waals surface area contributed by atoms with Crippen LogP contribution in [0.1, 0.15) is 10.6 Å². The average molecular weight is 351 g/mol. The predicted molar refractivity (Wildman–Crippen MR) is 97.8 cm³/mol. The number of nitro groups is 1. The van der Waals surface area contributed by atoms with Crippen LogP contribution in [-0.4, -0.2) is 22.4 Å². The van der Waals surface area contributed by atoms with Crippen molar-refractivity contribution in [3.63, 3.8) is 0 Å². The summed E-state index contributed by atoms with van der Waals surface area (Å²) in [6.45, 7) is 0.527. The van der Waals surface area contributed by atoms with E-state index < -0.39 is 4.92 Å². The van der Waals surface area contributed by atoms with Gasteiger partial charge in [-0.15, -0.1) is 11.3 Å². The Labute approximate surface area is 147 Å². The molecule has 2 aromatic carbocycles. The van der Waals surface area contributed by atoms with Crippen molar-refractivity contribution in [3.8, 4) is 0 Å². The van der Waals surface area contributed by atoms with Gasteiger partial charge >= 0.3 is 0 Å². The minimum atomic E-state index is -0.446. The Balaban J connectivity index is 1.58. The van der Waals surface area contributed by atoms with Crippen molar-refractivity contribution in [2.45, 2.75) is 6.42 Å². The highest BCUT2D eigenvalue weighted by Gasteiger charge is 2.25. The number of aromatic nitrogens is 1. The number of carbonyl (C=O) groups is 1. The number of rotatable bonds is 3. The van der Waals surface area contributed by atoms with Gasteiger partial charge in [0.15, 0.2) is 0 Å². The SMILES string of the molecule is O=C(/C=C/c1nc2ccccc2s1)N1CCc2ccc([N+](=O)[O-])cc21. The lowest BCUT2D eigenvalue weighted by Crippen LogP contribution is -2.26. The largest absolute Gasteiger partial charge is 0.308 e. The average Bonchev–Trinajstić information content (AvgIpc) is 3.22. The molecule has 25 heavy (non-hydrogen) atoms. The normalized spacial score (nSPS) is 13.5. The molecule has 1 amide bonds. The van der Waals surface area contributed by atoms with Crippen molar-refractivity contribution in [3.05, 3.63) is 69.2 Å². The summed E-state index contributed by atoms with van der Waals surface area (Å²) in [5, 5.41) is 11.7. The molecule has 0 radical (unpaired) electrons. The molecule has 0 unspecified atom stereocenters. The summed E-state index contributed by atoms with van der Waals surface area (Å²) >= 11 is 1.52. The number of para-hydroxylation sites is 1. The maximum Gasteiger partial charge on any atom is 0.271 e. The molecule has 1 aromatic heterocycles. The van der Waals surface area contributed by atoms with E-state index in [4.69, 9.17) is 0 Å². The molecule has 0 fully saturated rings. The second kappa shape index (κ2) is 6.10. The standard InChI is InChI=1S/C18H13N3O3S/c22-18(8-7-17-19-14-3-1-2-4-16(14)25-17)20-10-9-12-5-6-13(21(23)24)11-15(12)20/h1-8,11H,9-10H2/b8-7+. The van der Waals surface area contributed by atoms with Crippen molar-refractivity contribution in [2.75, 3.05) is 11.4 Å². The number of anilines is 1. The zero-order chi connectivity index (χ0) is 17.4. The van der Waals surface area contributed by atoms with Crippen LogP contribution in [-0.2, 0) is 11.2 Å². The van der Waals surface area contributed by atoms with Crippen LogP contribution in [0.2, 0.25) is 0 Å². The molecule has 0 saturated carbocycles. The third kappa shape index (κ3) is 2.89. The zero-order valence-corrected chi connectivity index (χ0v) is 13.9. The van der Waals surface area contributed by atoms with E-state index in [-0.39, 0.29) is 11.6 Å². The number of carbonyl (C=O) groups excluding carboxylic acids is 1. The Morgan fingerprint density at radius 1 is 1.28 bits per heavy atom. The van der Waals surface area contributed by atoms with E-state index >= 15 is 0 Å². The summed E-state index contributed by atoms with van der Waals surface area (Å²) < 4.78 is 1.07. The molecule has 6 nitrogen and oxygen atoms in total. The van der Waals surface area contributed by atoms with E-state index in [1.807, 2.05) is 24.3 Å². The lowest BCUT2D eigenvalue weighted by Gasteiger charge is -2.14. The molecule has 0 atom stereocenters. The van der Waals surface area contributed by atoms with Crippen molar-refractivity contribution >= 4 is 44.9 Å². The van der Waals surface area contributed by atoms with Gasteiger partial charge in [0, 0.05) is 24.8 Å². The van der Waals surface area contributed by atoms with E-state index in [0.717, 1.165) is 20.8 Å². The van der Waals surface area contributed by atoms with Gasteiger partial charge in [0.1, 0.15) is 5.01 Å². The third-order valence-corrected chi connectivity index (χ3v) is 5.12. The topological polar surface area (TPSA) is 76.3 Å². The molecule has 124 valence electrons. The first kappa shape index (κ1) is 15.5. The van der Waals surface area contributed by atoms with Crippen molar-refractivity contribution in [2.24, 2.45) is 0 Å². The predicted octanol–water partition coefficient (Wildman–Crippen LogP) is 3.81. The molecule has 0 aliphatic carbocycles. The van der Waals surface area contributed by atoms with Gasteiger partial charge in [-0.2, -0.15) is 0 Å². The van der Waals surface area contributed by atoms with E-state index in [1.165, 1.54) is 29.5 Å². The summed E-state index contributed by atoms with van der Waals surface area (Å²) in [5.74, 6) is -0.196. The molecule has 7 heteroatoms. The Hall–Kier alpha value is -3.06. The Bertz CT molecular complexity index is 992. The maximum absolute atomic E-state index is 12.5. The number of hydrogen-bond acceptors (Lipinski definition) is 5. The lowest BCUT2D eigenvalue weighted by molar-refractivity contribution is -0.384. The van der Waals surface area contributed by atoms with Gasteiger partial charge in [-0.1, -0.05) is 18.2 Å². The number of fused-ring (bicyclic) bond motifs is 2. The Morgan fingerprint density at radius 3 is 2.92 bits per heavy atom. The highest BCUT2D eigenvalue weighted by atomic mass is 32.1. The van der Waals surface area contributed by atoms with Crippen LogP contribution in [0.25, 0.3) is 16.3 Å². The molecule has 3 aromatic rings. The lowest BCUT2D eigenvalue weighted by atomic mass is 10.1. The second-order valence-corrected chi connectivity index (χ2v) is 6.73. The summed E-state index contributed by atoms with van der Waals surface area (Å²) in [4.78, 5) is 29.1. The highest BCUT2D eigenvalue weighted by Crippen LogP contribution is 2.32. The van der Waals surface area contributed by atoms with Gasteiger partial charge in [0.2, 0.25) is 0 Å². The first-order valence-corrected chi connectivity index (χ1v) is 8.56. The van der Waals surface area contributed by atoms with Gasteiger partial charge in [-0.3, -0.25) is 14.9 Å². The van der Waals surface area contributed by atoms with Crippen LogP contribution < -0.4 is 4.90 Å². The van der Waals surface area contributed by atoms with Gasteiger partial charge < -0.3 is 4.90 Å². The zero-order valence-electron chi connectivity index (χ0n) is 13.1.